The first-order chi connectivity index (χ1) is 14.8. The second kappa shape index (κ2) is 10.1. The highest BCUT2D eigenvalue weighted by Gasteiger charge is 2.27. The van der Waals surface area contributed by atoms with E-state index in [2.05, 4.69) is 13.8 Å². The number of methoxy groups -OCH3 is 1. The topological polar surface area (TPSA) is 64.4 Å². The van der Waals surface area contributed by atoms with Gasteiger partial charge in [-0.2, -0.15) is 0 Å². The van der Waals surface area contributed by atoms with Crippen LogP contribution in [-0.2, 0) is 11.3 Å². The lowest BCUT2D eigenvalue weighted by Crippen LogP contribution is -2.40. The molecule has 1 aromatic heterocycles. The second-order valence-corrected chi connectivity index (χ2v) is 8.41. The van der Waals surface area contributed by atoms with Gasteiger partial charge in [0.25, 0.3) is 11.5 Å². The normalized spacial score (nSPS) is 12.3. The Hall–Kier alpha value is -2.70. The quantitative estimate of drug-likeness (QED) is 0.514. The average molecular weight is 442 g/mol. The third kappa shape index (κ3) is 5.14. The molecule has 6 nitrogen and oxygen atoms in total. The summed E-state index contributed by atoms with van der Waals surface area (Å²) >= 11 is 6.00. The van der Waals surface area contributed by atoms with Crippen molar-refractivity contribution in [3.63, 3.8) is 0 Å². The van der Waals surface area contributed by atoms with E-state index in [1.54, 1.807) is 46.9 Å². The maximum Gasteiger partial charge on any atom is 0.261 e. The minimum absolute atomic E-state index is 0.126. The molecule has 2 aromatic carbocycles. The van der Waals surface area contributed by atoms with Crippen molar-refractivity contribution >= 4 is 28.4 Å². The number of para-hydroxylation sites is 1. The molecule has 0 aliphatic heterocycles. The summed E-state index contributed by atoms with van der Waals surface area (Å²) < 4.78 is 6.84. The van der Waals surface area contributed by atoms with Crippen LogP contribution in [0.4, 0.5) is 0 Å². The SMILES string of the molecule is COCCn1c(C(C)N(CC(C)C)C(=O)c2ccc(Cl)cc2)nc2ccccc2c1=O. The molecular weight excluding hydrogens is 414 g/mol. The fourth-order valence-electron chi connectivity index (χ4n) is 3.61. The number of rotatable bonds is 8. The van der Waals surface area contributed by atoms with Crippen LogP contribution in [0.25, 0.3) is 10.9 Å². The van der Waals surface area contributed by atoms with Crippen LogP contribution in [0.3, 0.4) is 0 Å². The number of fused-ring (bicyclic) bond motifs is 1. The van der Waals surface area contributed by atoms with Crippen LogP contribution in [0.15, 0.2) is 53.3 Å². The van der Waals surface area contributed by atoms with Crippen LogP contribution >= 0.6 is 11.6 Å². The molecule has 0 bridgehead atoms. The van der Waals surface area contributed by atoms with Gasteiger partial charge >= 0.3 is 0 Å². The molecular formula is C24H28ClN3O3. The summed E-state index contributed by atoms with van der Waals surface area (Å²) in [5.41, 5.74) is 1.03. The summed E-state index contributed by atoms with van der Waals surface area (Å²) in [6.07, 6.45) is 0. The predicted octanol–water partition coefficient (Wildman–Crippen LogP) is 4.56. The highest BCUT2D eigenvalue weighted by Crippen LogP contribution is 2.24. The molecule has 1 amide bonds. The van der Waals surface area contributed by atoms with E-state index < -0.39 is 6.04 Å². The summed E-state index contributed by atoms with van der Waals surface area (Å²) in [7, 11) is 1.59. The number of ether oxygens (including phenoxy) is 1. The van der Waals surface area contributed by atoms with Gasteiger partial charge in [0.2, 0.25) is 0 Å². The Balaban J connectivity index is 2.11. The van der Waals surface area contributed by atoms with Gasteiger partial charge in [0.15, 0.2) is 0 Å². The van der Waals surface area contributed by atoms with Crippen molar-refractivity contribution in [1.82, 2.24) is 14.5 Å². The maximum absolute atomic E-state index is 13.4. The van der Waals surface area contributed by atoms with Crippen molar-refractivity contribution in [2.24, 2.45) is 5.92 Å². The summed E-state index contributed by atoms with van der Waals surface area (Å²) in [6.45, 7) is 7.28. The Bertz CT molecular complexity index is 1110. The first kappa shape index (κ1) is 23.0. The molecule has 0 aliphatic rings. The van der Waals surface area contributed by atoms with E-state index in [9.17, 15) is 9.59 Å². The molecule has 0 radical (unpaired) electrons. The smallest absolute Gasteiger partial charge is 0.261 e. The Labute approximate surface area is 187 Å². The molecule has 0 N–H and O–H groups in total. The third-order valence-electron chi connectivity index (χ3n) is 5.17. The van der Waals surface area contributed by atoms with Crippen LogP contribution in [0.5, 0.6) is 0 Å². The predicted molar refractivity (Wildman–Crippen MR) is 124 cm³/mol. The van der Waals surface area contributed by atoms with Gasteiger partial charge in [-0.25, -0.2) is 4.98 Å². The van der Waals surface area contributed by atoms with E-state index >= 15 is 0 Å². The fraction of sp³-hybridized carbons (Fsp3) is 0.375. The molecule has 1 heterocycles. The standard InChI is InChI=1S/C24H28ClN3O3/c1-16(2)15-28(23(29)18-9-11-19(25)12-10-18)17(3)22-26-21-8-6-5-7-20(21)24(30)27(22)13-14-31-4/h5-12,16-17H,13-15H2,1-4H3. The Kier molecular flexibility index (Phi) is 7.46. The summed E-state index contributed by atoms with van der Waals surface area (Å²) in [6, 6.07) is 13.7. The largest absolute Gasteiger partial charge is 0.383 e. The molecule has 7 heteroatoms. The summed E-state index contributed by atoms with van der Waals surface area (Å²) in [4.78, 5) is 33.2. The average Bonchev–Trinajstić information content (AvgIpc) is 2.76. The van der Waals surface area contributed by atoms with Gasteiger partial charge in [-0.15, -0.1) is 0 Å². The van der Waals surface area contributed by atoms with E-state index in [1.165, 1.54) is 0 Å². The van der Waals surface area contributed by atoms with Crippen molar-refractivity contribution in [2.75, 3.05) is 20.3 Å². The van der Waals surface area contributed by atoms with Crippen LogP contribution < -0.4 is 5.56 Å². The molecule has 1 unspecified atom stereocenters. The molecule has 3 aromatic rings. The molecule has 0 aliphatic carbocycles. The molecule has 31 heavy (non-hydrogen) atoms. The second-order valence-electron chi connectivity index (χ2n) is 7.97. The number of carbonyl (C=O) groups excluding carboxylic acids is 1. The first-order valence-corrected chi connectivity index (χ1v) is 10.8. The number of nitrogens with zero attached hydrogens (tertiary/aromatic N) is 3. The lowest BCUT2D eigenvalue weighted by Gasteiger charge is -2.32. The van der Waals surface area contributed by atoms with Gasteiger partial charge < -0.3 is 9.64 Å². The van der Waals surface area contributed by atoms with Gasteiger partial charge in [0.1, 0.15) is 5.82 Å². The van der Waals surface area contributed by atoms with Crippen molar-refractivity contribution in [1.29, 1.82) is 0 Å². The van der Waals surface area contributed by atoms with Crippen molar-refractivity contribution in [3.8, 4) is 0 Å². The van der Waals surface area contributed by atoms with Crippen LogP contribution in [-0.4, -0.2) is 40.6 Å². The van der Waals surface area contributed by atoms with Gasteiger partial charge in [-0.3, -0.25) is 14.2 Å². The van der Waals surface area contributed by atoms with Gasteiger partial charge in [0, 0.05) is 24.2 Å². The number of halogens is 1. The number of hydrogen-bond acceptors (Lipinski definition) is 4. The van der Waals surface area contributed by atoms with Crippen molar-refractivity contribution in [3.05, 3.63) is 75.3 Å². The molecule has 0 spiro atoms. The molecule has 0 saturated heterocycles. The lowest BCUT2D eigenvalue weighted by molar-refractivity contribution is 0.0651. The summed E-state index contributed by atoms with van der Waals surface area (Å²) in [5, 5.41) is 1.12. The van der Waals surface area contributed by atoms with Crippen LogP contribution in [0.2, 0.25) is 5.02 Å². The van der Waals surface area contributed by atoms with Crippen LogP contribution in [0.1, 0.15) is 43.0 Å². The Morgan fingerprint density at radius 3 is 2.45 bits per heavy atom. The summed E-state index contributed by atoms with van der Waals surface area (Å²) in [5.74, 6) is 0.653. The molecule has 0 fully saturated rings. The molecule has 164 valence electrons. The fourth-order valence-corrected chi connectivity index (χ4v) is 3.74. The molecule has 3 rings (SSSR count). The molecule has 1 atom stereocenters. The van der Waals surface area contributed by atoms with Crippen molar-refractivity contribution in [2.45, 2.75) is 33.4 Å². The van der Waals surface area contributed by atoms with E-state index in [0.29, 0.717) is 47.0 Å². The number of carbonyl (C=O) groups is 1. The zero-order valence-corrected chi connectivity index (χ0v) is 19.1. The Morgan fingerprint density at radius 1 is 1.13 bits per heavy atom. The lowest BCUT2D eigenvalue weighted by atomic mass is 10.1. The first-order valence-electron chi connectivity index (χ1n) is 10.4. The van der Waals surface area contributed by atoms with Gasteiger partial charge in [-0.05, 0) is 49.2 Å². The van der Waals surface area contributed by atoms with Gasteiger partial charge in [-0.1, -0.05) is 37.6 Å². The van der Waals surface area contributed by atoms with Crippen LogP contribution in [0, 0.1) is 5.92 Å². The third-order valence-corrected chi connectivity index (χ3v) is 5.42. The minimum atomic E-state index is -0.417. The highest BCUT2D eigenvalue weighted by molar-refractivity contribution is 6.30. The van der Waals surface area contributed by atoms with Crippen molar-refractivity contribution < 1.29 is 9.53 Å². The minimum Gasteiger partial charge on any atom is -0.383 e. The number of aromatic nitrogens is 2. The van der Waals surface area contributed by atoms with Gasteiger partial charge in [0.05, 0.1) is 30.1 Å². The number of amides is 1. The number of benzene rings is 2. The van der Waals surface area contributed by atoms with E-state index in [4.69, 9.17) is 21.3 Å². The zero-order valence-electron chi connectivity index (χ0n) is 18.3. The Morgan fingerprint density at radius 2 is 1.81 bits per heavy atom. The van der Waals surface area contributed by atoms with E-state index in [-0.39, 0.29) is 17.4 Å². The number of hydrogen-bond donors (Lipinski definition) is 0. The molecule has 0 saturated carbocycles. The van der Waals surface area contributed by atoms with E-state index in [1.807, 2.05) is 25.1 Å². The van der Waals surface area contributed by atoms with E-state index in [0.717, 1.165) is 0 Å². The zero-order chi connectivity index (χ0) is 22.5. The highest BCUT2D eigenvalue weighted by atomic mass is 35.5. The monoisotopic (exact) mass is 441 g/mol. The maximum atomic E-state index is 13.4.